The molecule has 1 saturated heterocycles. The third kappa shape index (κ3) is 3.50. The van der Waals surface area contributed by atoms with E-state index in [1.807, 2.05) is 35.1 Å². The molecule has 9 nitrogen and oxygen atoms in total. The van der Waals surface area contributed by atoms with Crippen LogP contribution in [0, 0.1) is 0 Å². The van der Waals surface area contributed by atoms with Crippen molar-refractivity contribution in [3.8, 4) is 0 Å². The summed E-state index contributed by atoms with van der Waals surface area (Å²) in [4.78, 5) is 38.1. The van der Waals surface area contributed by atoms with E-state index in [0.717, 1.165) is 30.8 Å². The smallest absolute Gasteiger partial charge is 0.255 e. The molecule has 1 aromatic heterocycles. The number of hydrogen-bond acceptors (Lipinski definition) is 6. The van der Waals surface area contributed by atoms with Crippen molar-refractivity contribution in [3.63, 3.8) is 0 Å². The van der Waals surface area contributed by atoms with Gasteiger partial charge in [0.1, 0.15) is 6.04 Å². The zero-order valence-corrected chi connectivity index (χ0v) is 16.6. The van der Waals surface area contributed by atoms with Crippen LogP contribution in [0.25, 0.3) is 0 Å². The van der Waals surface area contributed by atoms with Gasteiger partial charge < -0.3 is 15.5 Å². The van der Waals surface area contributed by atoms with Crippen molar-refractivity contribution in [2.24, 2.45) is 0 Å². The fourth-order valence-corrected chi connectivity index (χ4v) is 4.43. The number of hydrogen-bond donors (Lipinski definition) is 3. The highest BCUT2D eigenvalue weighted by Gasteiger charge is 2.39. The summed E-state index contributed by atoms with van der Waals surface area (Å²) in [5.74, 6) is -0.796. The quantitative estimate of drug-likeness (QED) is 0.610. The molecule has 0 spiro atoms. The average molecular weight is 408 g/mol. The second-order valence-corrected chi connectivity index (χ2v) is 8.10. The Morgan fingerprint density at radius 2 is 2.10 bits per heavy atom. The van der Waals surface area contributed by atoms with Crippen molar-refractivity contribution < 1.29 is 14.4 Å². The molecule has 2 unspecified atom stereocenters. The maximum Gasteiger partial charge on any atom is 0.255 e. The van der Waals surface area contributed by atoms with E-state index >= 15 is 0 Å². The van der Waals surface area contributed by atoms with Crippen LogP contribution in [0.3, 0.4) is 0 Å². The largest absolute Gasteiger partial charge is 0.322 e. The van der Waals surface area contributed by atoms with Crippen LogP contribution in [-0.4, -0.2) is 51.0 Å². The molecule has 3 aliphatic heterocycles. The van der Waals surface area contributed by atoms with Crippen LogP contribution in [0.5, 0.6) is 0 Å². The summed E-state index contributed by atoms with van der Waals surface area (Å²) in [6.45, 7) is 3.49. The van der Waals surface area contributed by atoms with Crippen molar-refractivity contribution in [1.29, 1.82) is 0 Å². The Labute approximate surface area is 173 Å². The Kier molecular flexibility index (Phi) is 4.84. The van der Waals surface area contributed by atoms with Crippen molar-refractivity contribution in [1.82, 2.24) is 30.6 Å². The minimum absolute atomic E-state index is 0.140. The average Bonchev–Trinajstić information content (AvgIpc) is 3.24. The second-order valence-electron chi connectivity index (χ2n) is 8.10. The highest BCUT2D eigenvalue weighted by Crippen LogP contribution is 2.28. The number of aromatic nitrogens is 2. The lowest BCUT2D eigenvalue weighted by Crippen LogP contribution is -2.52. The monoisotopic (exact) mass is 408 g/mol. The first-order chi connectivity index (χ1) is 14.6. The zero-order chi connectivity index (χ0) is 20.7. The lowest BCUT2D eigenvalue weighted by atomic mass is 10.0. The predicted molar refractivity (Wildman–Crippen MR) is 107 cm³/mol. The molecule has 30 heavy (non-hydrogen) atoms. The highest BCUT2D eigenvalue weighted by molar-refractivity contribution is 6.05. The van der Waals surface area contributed by atoms with Gasteiger partial charge in [-0.2, -0.15) is 5.10 Å². The van der Waals surface area contributed by atoms with E-state index in [9.17, 15) is 14.4 Å². The van der Waals surface area contributed by atoms with Gasteiger partial charge in [-0.05, 0) is 29.7 Å². The molecule has 4 heterocycles. The van der Waals surface area contributed by atoms with Crippen LogP contribution in [-0.2, 0) is 35.8 Å². The molecule has 0 aliphatic carbocycles. The molecule has 1 aromatic carbocycles. The molecule has 1 fully saturated rings. The van der Waals surface area contributed by atoms with Gasteiger partial charge in [-0.1, -0.05) is 12.1 Å². The summed E-state index contributed by atoms with van der Waals surface area (Å²) >= 11 is 0. The topological polar surface area (TPSA) is 108 Å². The molecular formula is C21H24N6O3. The van der Waals surface area contributed by atoms with Crippen LogP contribution in [0.2, 0.25) is 0 Å². The van der Waals surface area contributed by atoms with Crippen molar-refractivity contribution in [2.75, 3.05) is 6.54 Å². The summed E-state index contributed by atoms with van der Waals surface area (Å²) in [6, 6.07) is 7.58. The maximum atomic E-state index is 13.0. The number of imide groups is 1. The molecule has 3 amide bonds. The summed E-state index contributed by atoms with van der Waals surface area (Å²) in [5, 5.41) is 13.7. The maximum absolute atomic E-state index is 13.0. The van der Waals surface area contributed by atoms with E-state index in [-0.39, 0.29) is 30.2 Å². The highest BCUT2D eigenvalue weighted by atomic mass is 16.2. The molecule has 2 aromatic rings. The van der Waals surface area contributed by atoms with Crippen molar-refractivity contribution >= 4 is 17.7 Å². The Bertz CT molecular complexity index is 1020. The molecule has 9 heteroatoms. The molecule has 0 bridgehead atoms. The van der Waals surface area contributed by atoms with E-state index in [4.69, 9.17) is 0 Å². The van der Waals surface area contributed by atoms with E-state index in [1.165, 1.54) is 5.69 Å². The summed E-state index contributed by atoms with van der Waals surface area (Å²) < 4.78 is 2.02. The Morgan fingerprint density at radius 1 is 1.20 bits per heavy atom. The third-order valence-corrected chi connectivity index (χ3v) is 6.08. The number of amides is 3. The van der Waals surface area contributed by atoms with E-state index < -0.39 is 6.04 Å². The standard InChI is InChI=1S/C21H24N6O3/c28-19-4-3-18(20(29)25-19)26-11-14-2-1-13(7-17(14)21(26)30)8-23-15-9-22-10-16-5-6-24-27(16)12-15/h1-2,5-7,15,18,22-23H,3-4,8-12H2,(H,25,28,29). The lowest BCUT2D eigenvalue weighted by Gasteiger charge is -2.29. The lowest BCUT2D eigenvalue weighted by molar-refractivity contribution is -0.136. The normalized spacial score (nSPS) is 23.7. The summed E-state index contributed by atoms with van der Waals surface area (Å²) in [5.41, 5.74) is 3.77. The van der Waals surface area contributed by atoms with Gasteiger partial charge in [0.25, 0.3) is 5.91 Å². The van der Waals surface area contributed by atoms with Gasteiger partial charge in [0.2, 0.25) is 11.8 Å². The number of carbonyl (C=O) groups is 3. The number of carbonyl (C=O) groups excluding carboxylic acids is 3. The number of nitrogens with zero attached hydrogens (tertiary/aromatic N) is 3. The molecule has 156 valence electrons. The van der Waals surface area contributed by atoms with Gasteiger partial charge in [-0.15, -0.1) is 0 Å². The van der Waals surface area contributed by atoms with Crippen LogP contribution >= 0.6 is 0 Å². The fourth-order valence-electron chi connectivity index (χ4n) is 4.43. The number of nitrogens with one attached hydrogen (secondary N) is 3. The number of fused-ring (bicyclic) bond motifs is 2. The van der Waals surface area contributed by atoms with E-state index in [2.05, 4.69) is 21.0 Å². The minimum Gasteiger partial charge on any atom is -0.322 e. The van der Waals surface area contributed by atoms with Crippen molar-refractivity contribution in [3.05, 3.63) is 52.8 Å². The first-order valence-electron chi connectivity index (χ1n) is 10.3. The molecule has 5 rings (SSSR count). The van der Waals surface area contributed by atoms with Gasteiger partial charge in [-0.3, -0.25) is 24.4 Å². The van der Waals surface area contributed by atoms with Gasteiger partial charge in [0, 0.05) is 50.4 Å². The summed E-state index contributed by atoms with van der Waals surface area (Å²) in [6.07, 6.45) is 2.46. The molecule has 0 radical (unpaired) electrons. The van der Waals surface area contributed by atoms with Crippen LogP contribution in [0.1, 0.15) is 40.0 Å². The fraction of sp³-hybridized carbons (Fsp3) is 0.429. The number of piperidine rings is 1. The van der Waals surface area contributed by atoms with Gasteiger partial charge in [-0.25, -0.2) is 0 Å². The first kappa shape index (κ1) is 19.0. The molecular weight excluding hydrogens is 384 g/mol. The van der Waals surface area contributed by atoms with Crippen LogP contribution < -0.4 is 16.0 Å². The Balaban J connectivity index is 1.25. The van der Waals surface area contributed by atoms with Crippen LogP contribution in [0.4, 0.5) is 0 Å². The Hall–Kier alpha value is -3.04. The number of benzene rings is 1. The van der Waals surface area contributed by atoms with Crippen molar-refractivity contribution in [2.45, 2.75) is 51.1 Å². The Morgan fingerprint density at radius 3 is 2.97 bits per heavy atom. The van der Waals surface area contributed by atoms with E-state index in [1.54, 1.807) is 4.90 Å². The van der Waals surface area contributed by atoms with E-state index in [0.29, 0.717) is 25.1 Å². The second kappa shape index (κ2) is 7.66. The zero-order valence-electron chi connectivity index (χ0n) is 16.6. The first-order valence-corrected chi connectivity index (χ1v) is 10.3. The molecule has 3 aliphatic rings. The molecule has 0 saturated carbocycles. The van der Waals surface area contributed by atoms with Crippen LogP contribution in [0.15, 0.2) is 30.5 Å². The number of rotatable bonds is 4. The predicted octanol–water partition coefficient (Wildman–Crippen LogP) is -0.0943. The molecule has 3 N–H and O–H groups in total. The summed E-state index contributed by atoms with van der Waals surface area (Å²) in [7, 11) is 0. The molecule has 2 atom stereocenters. The van der Waals surface area contributed by atoms with Gasteiger partial charge in [0.05, 0.1) is 12.2 Å². The minimum atomic E-state index is -0.579. The SMILES string of the molecule is O=C1CCC(N2Cc3ccc(CNC4CNCc5ccnn5C4)cc3C2=O)C(=O)N1. The van der Waals surface area contributed by atoms with Gasteiger partial charge >= 0.3 is 0 Å². The third-order valence-electron chi connectivity index (χ3n) is 6.08. The van der Waals surface area contributed by atoms with Gasteiger partial charge in [0.15, 0.2) is 0 Å².